The Hall–Kier alpha value is -2.20. The fraction of sp³-hybridized carbons (Fsp3) is 0.429. The monoisotopic (exact) mass is 398 g/mol. The molecule has 1 fully saturated rings. The normalized spacial score (nSPS) is 14.1. The van der Waals surface area contributed by atoms with Crippen LogP contribution < -0.4 is 44.2 Å². The molecular weight excluding hydrogens is 364 g/mol. The zero-order valence-electron chi connectivity index (χ0n) is 17.0. The average molecular weight is 399 g/mol. The van der Waals surface area contributed by atoms with Crippen LogP contribution in [0.25, 0.3) is 0 Å². The Bertz CT molecular complexity index is 731. The van der Waals surface area contributed by atoms with Gasteiger partial charge in [-0.2, -0.15) is 0 Å². The van der Waals surface area contributed by atoms with Gasteiger partial charge in [0.15, 0.2) is 0 Å². The van der Waals surface area contributed by atoms with Crippen molar-refractivity contribution in [3.63, 3.8) is 0 Å². The standard InChI is InChI=1S/C21H34N8/c22-7-14-3-16(9-24)20(17(4-14)10-25)28-1-2-29(13-28)21-18(11-26)5-15(8-23)6-19(21)12-27/h3-6H,1-2,7-13,22-27H2. The molecule has 0 spiro atoms. The van der Waals surface area contributed by atoms with Crippen molar-refractivity contribution in [3.8, 4) is 0 Å². The number of nitrogens with zero attached hydrogens (tertiary/aromatic N) is 2. The van der Waals surface area contributed by atoms with Crippen molar-refractivity contribution in [3.05, 3.63) is 57.6 Å². The number of benzene rings is 2. The second-order valence-electron chi connectivity index (χ2n) is 7.42. The summed E-state index contributed by atoms with van der Waals surface area (Å²) in [5, 5.41) is 0. The van der Waals surface area contributed by atoms with Crippen LogP contribution in [0.4, 0.5) is 11.4 Å². The van der Waals surface area contributed by atoms with E-state index in [1.807, 2.05) is 0 Å². The summed E-state index contributed by atoms with van der Waals surface area (Å²) >= 11 is 0. The molecule has 0 aliphatic carbocycles. The second-order valence-corrected chi connectivity index (χ2v) is 7.42. The molecule has 1 saturated heterocycles. The van der Waals surface area contributed by atoms with E-state index in [1.165, 1.54) is 0 Å². The minimum atomic E-state index is 0.444. The number of anilines is 2. The molecule has 2 aromatic rings. The maximum Gasteiger partial charge on any atom is 0.0904 e. The Morgan fingerprint density at radius 1 is 0.517 bits per heavy atom. The van der Waals surface area contributed by atoms with Crippen molar-refractivity contribution in [1.82, 2.24) is 0 Å². The summed E-state index contributed by atoms with van der Waals surface area (Å²) in [5.74, 6) is 0. The first-order chi connectivity index (χ1) is 14.1. The van der Waals surface area contributed by atoms with Gasteiger partial charge in [-0.25, -0.2) is 0 Å². The Morgan fingerprint density at radius 3 is 1.07 bits per heavy atom. The van der Waals surface area contributed by atoms with Gasteiger partial charge in [0, 0.05) is 63.7 Å². The number of hydrogen-bond donors (Lipinski definition) is 6. The molecule has 0 saturated carbocycles. The average Bonchev–Trinajstić information content (AvgIpc) is 3.25. The third-order valence-corrected chi connectivity index (χ3v) is 5.62. The Balaban J connectivity index is 1.98. The third-order valence-electron chi connectivity index (χ3n) is 5.62. The molecule has 1 heterocycles. The van der Waals surface area contributed by atoms with Crippen LogP contribution in [0.2, 0.25) is 0 Å². The lowest BCUT2D eigenvalue weighted by Crippen LogP contribution is -2.29. The Kier molecular flexibility index (Phi) is 7.07. The highest BCUT2D eigenvalue weighted by Gasteiger charge is 2.27. The summed E-state index contributed by atoms with van der Waals surface area (Å²) < 4.78 is 0. The zero-order valence-corrected chi connectivity index (χ0v) is 17.0. The van der Waals surface area contributed by atoms with E-state index in [0.717, 1.165) is 64.5 Å². The highest BCUT2D eigenvalue weighted by Crippen LogP contribution is 2.34. The number of nitrogens with two attached hydrogens (primary N) is 6. The molecule has 12 N–H and O–H groups in total. The quantitative estimate of drug-likeness (QED) is 0.354. The predicted molar refractivity (Wildman–Crippen MR) is 120 cm³/mol. The van der Waals surface area contributed by atoms with Crippen LogP contribution in [0.5, 0.6) is 0 Å². The Labute approximate surface area is 172 Å². The van der Waals surface area contributed by atoms with E-state index in [9.17, 15) is 0 Å². The first-order valence-electron chi connectivity index (χ1n) is 10.1. The van der Waals surface area contributed by atoms with E-state index in [2.05, 4.69) is 34.1 Å². The van der Waals surface area contributed by atoms with Gasteiger partial charge < -0.3 is 44.2 Å². The highest BCUT2D eigenvalue weighted by molar-refractivity contribution is 5.67. The molecule has 0 bridgehead atoms. The smallest absolute Gasteiger partial charge is 0.0904 e. The molecule has 0 amide bonds. The van der Waals surface area contributed by atoms with Gasteiger partial charge in [0.25, 0.3) is 0 Å². The second kappa shape index (κ2) is 9.53. The Morgan fingerprint density at radius 2 is 0.828 bits per heavy atom. The lowest BCUT2D eigenvalue weighted by molar-refractivity contribution is 0.884. The van der Waals surface area contributed by atoms with Gasteiger partial charge in [-0.15, -0.1) is 0 Å². The lowest BCUT2D eigenvalue weighted by Gasteiger charge is -2.28. The molecule has 29 heavy (non-hydrogen) atoms. The van der Waals surface area contributed by atoms with Gasteiger partial charge in [-0.3, -0.25) is 0 Å². The third kappa shape index (κ3) is 4.23. The van der Waals surface area contributed by atoms with Gasteiger partial charge in [0.1, 0.15) is 0 Å². The topological polar surface area (TPSA) is 163 Å². The van der Waals surface area contributed by atoms with E-state index in [0.29, 0.717) is 39.3 Å². The molecule has 2 aromatic carbocycles. The van der Waals surface area contributed by atoms with E-state index < -0.39 is 0 Å². The van der Waals surface area contributed by atoms with E-state index >= 15 is 0 Å². The van der Waals surface area contributed by atoms with Crippen LogP contribution in [-0.2, 0) is 39.3 Å². The summed E-state index contributed by atoms with van der Waals surface area (Å²) in [5.41, 5.74) is 44.6. The molecule has 0 atom stereocenters. The fourth-order valence-electron chi connectivity index (χ4n) is 4.29. The van der Waals surface area contributed by atoms with Gasteiger partial charge in [0.05, 0.1) is 6.67 Å². The molecule has 0 unspecified atom stereocenters. The summed E-state index contributed by atoms with van der Waals surface area (Å²) in [6, 6.07) is 8.35. The molecular formula is C21H34N8. The van der Waals surface area contributed by atoms with E-state index in [-0.39, 0.29) is 0 Å². The maximum absolute atomic E-state index is 6.07. The van der Waals surface area contributed by atoms with Crippen molar-refractivity contribution in [2.24, 2.45) is 34.4 Å². The molecule has 1 aliphatic heterocycles. The van der Waals surface area contributed by atoms with Crippen molar-refractivity contribution in [2.75, 3.05) is 29.6 Å². The number of hydrogen-bond acceptors (Lipinski definition) is 8. The van der Waals surface area contributed by atoms with Crippen LogP contribution >= 0.6 is 0 Å². The van der Waals surface area contributed by atoms with Crippen LogP contribution in [0, 0.1) is 0 Å². The minimum Gasteiger partial charge on any atom is -0.352 e. The van der Waals surface area contributed by atoms with E-state index in [1.54, 1.807) is 0 Å². The summed E-state index contributed by atoms with van der Waals surface area (Å²) in [4.78, 5) is 4.67. The van der Waals surface area contributed by atoms with Crippen molar-refractivity contribution < 1.29 is 0 Å². The number of rotatable bonds is 8. The summed E-state index contributed by atoms with van der Waals surface area (Å²) in [6.45, 7) is 5.19. The molecule has 8 nitrogen and oxygen atoms in total. The predicted octanol–water partition coefficient (Wildman–Crippen LogP) is -0.277. The summed E-state index contributed by atoms with van der Waals surface area (Å²) in [6.07, 6.45) is 0. The largest absolute Gasteiger partial charge is 0.352 e. The van der Waals surface area contributed by atoms with Crippen LogP contribution in [0.15, 0.2) is 24.3 Å². The molecule has 3 rings (SSSR count). The first kappa shape index (κ1) is 21.5. The zero-order chi connectivity index (χ0) is 21.0. The molecule has 8 heteroatoms. The molecule has 0 aromatic heterocycles. The van der Waals surface area contributed by atoms with Gasteiger partial charge in [-0.1, -0.05) is 24.3 Å². The molecule has 1 aliphatic rings. The molecule has 158 valence electrons. The maximum atomic E-state index is 6.07. The van der Waals surface area contributed by atoms with Crippen molar-refractivity contribution >= 4 is 11.4 Å². The summed E-state index contributed by atoms with van der Waals surface area (Å²) in [7, 11) is 0. The lowest BCUT2D eigenvalue weighted by atomic mass is 10.0. The van der Waals surface area contributed by atoms with Crippen LogP contribution in [0.3, 0.4) is 0 Å². The van der Waals surface area contributed by atoms with Crippen LogP contribution in [0.1, 0.15) is 33.4 Å². The minimum absolute atomic E-state index is 0.444. The fourth-order valence-corrected chi connectivity index (χ4v) is 4.29. The highest BCUT2D eigenvalue weighted by atomic mass is 15.4. The van der Waals surface area contributed by atoms with Crippen LogP contribution in [-0.4, -0.2) is 19.8 Å². The van der Waals surface area contributed by atoms with Gasteiger partial charge in [0.2, 0.25) is 0 Å². The van der Waals surface area contributed by atoms with Gasteiger partial charge in [-0.05, 0) is 33.4 Å². The first-order valence-corrected chi connectivity index (χ1v) is 10.1. The van der Waals surface area contributed by atoms with E-state index in [4.69, 9.17) is 34.4 Å². The van der Waals surface area contributed by atoms with Crippen molar-refractivity contribution in [2.45, 2.75) is 39.3 Å². The van der Waals surface area contributed by atoms with Gasteiger partial charge >= 0.3 is 0 Å². The van der Waals surface area contributed by atoms with Crippen molar-refractivity contribution in [1.29, 1.82) is 0 Å². The molecule has 0 radical (unpaired) electrons. The SMILES string of the molecule is NCc1cc(CN)c(N2CCN(c3c(CN)cc(CN)cc3CN)C2)c(CN)c1.